The molecule has 5 heteroatoms. The van der Waals surface area contributed by atoms with Crippen LogP contribution >= 0.6 is 0 Å². The quantitative estimate of drug-likeness (QED) is 0.481. The molecule has 0 atom stereocenters. The minimum absolute atomic E-state index is 0.404. The summed E-state index contributed by atoms with van der Waals surface area (Å²) in [6, 6.07) is 6.98. The highest BCUT2D eigenvalue weighted by Crippen LogP contribution is 2.12. The molecule has 0 aliphatic rings. The molecule has 0 aromatic heterocycles. The molecular weight excluding hydrogens is 244 g/mol. The van der Waals surface area contributed by atoms with E-state index in [0.717, 1.165) is 11.8 Å². The van der Waals surface area contributed by atoms with E-state index >= 15 is 0 Å². The number of hydrogen-bond donors (Lipinski definition) is 1. The van der Waals surface area contributed by atoms with Crippen LogP contribution in [0.15, 0.2) is 29.8 Å². The molecule has 5 nitrogen and oxygen atoms in total. The van der Waals surface area contributed by atoms with Gasteiger partial charge in [-0.1, -0.05) is 36.4 Å². The summed E-state index contributed by atoms with van der Waals surface area (Å²) < 4.78 is 0. The maximum Gasteiger partial charge on any atom is 0.354 e. The van der Waals surface area contributed by atoms with E-state index in [2.05, 4.69) is 5.43 Å². The van der Waals surface area contributed by atoms with Crippen LogP contribution in [0.1, 0.15) is 29.3 Å². The molecule has 0 saturated heterocycles. The average molecular weight is 262 g/mol. The molecule has 0 spiro atoms. The Morgan fingerprint density at radius 1 is 1.32 bits per heavy atom. The highest BCUT2D eigenvalue weighted by atomic mass is 16.7. The number of hydrogen-bond acceptors (Lipinski definition) is 5. The Morgan fingerprint density at radius 3 is 2.37 bits per heavy atom. The van der Waals surface area contributed by atoms with Crippen molar-refractivity contribution in [2.45, 2.75) is 13.3 Å². The summed E-state index contributed by atoms with van der Waals surface area (Å²) in [7, 11) is 3.25. The summed E-state index contributed by atoms with van der Waals surface area (Å²) in [5.41, 5.74) is 4.69. The molecule has 102 valence electrons. The van der Waals surface area contributed by atoms with Crippen LogP contribution < -0.4 is 5.43 Å². The Hall–Kier alpha value is -1.98. The molecule has 0 amide bonds. The van der Waals surface area contributed by atoms with Crippen molar-refractivity contribution in [1.82, 2.24) is 10.6 Å². The molecule has 0 fully saturated rings. The van der Waals surface area contributed by atoms with E-state index in [0.29, 0.717) is 17.6 Å². The van der Waals surface area contributed by atoms with Gasteiger partial charge < -0.3 is 4.84 Å². The van der Waals surface area contributed by atoms with E-state index in [9.17, 15) is 9.59 Å². The zero-order valence-electron chi connectivity index (χ0n) is 11.3. The second-order valence-electron chi connectivity index (χ2n) is 3.91. The predicted octanol–water partition coefficient (Wildman–Crippen LogP) is 1.82. The second kappa shape index (κ2) is 7.45. The molecule has 0 aliphatic carbocycles. The molecule has 19 heavy (non-hydrogen) atoms. The van der Waals surface area contributed by atoms with Crippen molar-refractivity contribution in [3.8, 4) is 0 Å². The highest BCUT2D eigenvalue weighted by molar-refractivity contribution is 5.93. The maximum atomic E-state index is 11.8. The first kappa shape index (κ1) is 15.1. The Morgan fingerprint density at radius 2 is 1.89 bits per heavy atom. The second-order valence-corrected chi connectivity index (χ2v) is 3.91. The van der Waals surface area contributed by atoms with Gasteiger partial charge in [0, 0.05) is 25.2 Å². The molecule has 1 aromatic rings. The Labute approximate surface area is 112 Å². The van der Waals surface area contributed by atoms with Gasteiger partial charge in [0.1, 0.15) is 6.29 Å². The minimum atomic E-state index is -0.404. The molecule has 1 N–H and O–H groups in total. The van der Waals surface area contributed by atoms with Gasteiger partial charge in [-0.25, -0.2) is 10.2 Å². The third-order valence-corrected chi connectivity index (χ3v) is 2.59. The molecule has 1 rings (SSSR count). The standard InChI is InChI=1S/C14H18N2O3/c1-4-13(14(18)19-16(3)15-2)9-11-5-7-12(10-17)8-6-11/h5-10,15H,4H2,1-3H3. The number of nitrogens with one attached hydrogen (secondary N) is 1. The molecule has 0 bridgehead atoms. The van der Waals surface area contributed by atoms with E-state index in [1.807, 2.05) is 6.92 Å². The van der Waals surface area contributed by atoms with Crippen molar-refractivity contribution in [2.75, 3.05) is 14.1 Å². The summed E-state index contributed by atoms with van der Waals surface area (Å²) in [5.74, 6) is -0.404. The van der Waals surface area contributed by atoms with Gasteiger partial charge in [0.25, 0.3) is 0 Å². The van der Waals surface area contributed by atoms with Crippen LogP contribution in [0.5, 0.6) is 0 Å². The first-order chi connectivity index (χ1) is 9.10. The fraction of sp³-hybridized carbons (Fsp3) is 0.286. The van der Waals surface area contributed by atoms with E-state index in [-0.39, 0.29) is 0 Å². The van der Waals surface area contributed by atoms with Gasteiger partial charge in [0.2, 0.25) is 0 Å². The lowest BCUT2D eigenvalue weighted by atomic mass is 10.1. The first-order valence-corrected chi connectivity index (χ1v) is 6.00. The number of nitrogens with zero attached hydrogens (tertiary/aromatic N) is 1. The largest absolute Gasteiger partial charge is 0.354 e. The Kier molecular flexibility index (Phi) is 5.92. The fourth-order valence-corrected chi connectivity index (χ4v) is 1.41. The van der Waals surface area contributed by atoms with Crippen molar-refractivity contribution in [3.63, 3.8) is 0 Å². The Bertz CT molecular complexity index is 466. The van der Waals surface area contributed by atoms with Gasteiger partial charge in [-0.05, 0) is 18.1 Å². The van der Waals surface area contributed by atoms with E-state index < -0.39 is 5.97 Å². The normalized spacial score (nSPS) is 11.5. The summed E-state index contributed by atoms with van der Waals surface area (Å²) in [6.45, 7) is 1.88. The van der Waals surface area contributed by atoms with Gasteiger partial charge in [-0.2, -0.15) is 0 Å². The molecule has 1 aromatic carbocycles. The monoisotopic (exact) mass is 262 g/mol. The summed E-state index contributed by atoms with van der Waals surface area (Å²) in [6.07, 6.45) is 3.09. The van der Waals surface area contributed by atoms with Crippen LogP contribution in [-0.2, 0) is 9.63 Å². The average Bonchev–Trinajstić information content (AvgIpc) is 2.44. The Balaban J connectivity index is 2.85. The zero-order chi connectivity index (χ0) is 14.3. The van der Waals surface area contributed by atoms with E-state index in [1.54, 1.807) is 44.4 Å². The van der Waals surface area contributed by atoms with Crippen molar-refractivity contribution < 1.29 is 14.4 Å². The van der Waals surface area contributed by atoms with Crippen LogP contribution in [0, 0.1) is 0 Å². The summed E-state index contributed by atoms with van der Waals surface area (Å²) in [5, 5.41) is 1.24. The number of carbonyl (C=O) groups is 2. The highest BCUT2D eigenvalue weighted by Gasteiger charge is 2.11. The molecule has 0 heterocycles. The smallest absolute Gasteiger partial charge is 0.349 e. The van der Waals surface area contributed by atoms with Crippen molar-refractivity contribution in [2.24, 2.45) is 0 Å². The molecule has 0 radical (unpaired) electrons. The van der Waals surface area contributed by atoms with Gasteiger partial charge >= 0.3 is 5.97 Å². The molecule has 0 saturated carbocycles. The van der Waals surface area contributed by atoms with Gasteiger partial charge in [0.15, 0.2) is 0 Å². The third kappa shape index (κ3) is 4.65. The number of hydrazine groups is 1. The van der Waals surface area contributed by atoms with Crippen LogP contribution in [-0.4, -0.2) is 31.5 Å². The van der Waals surface area contributed by atoms with Gasteiger partial charge in [0.05, 0.1) is 0 Å². The summed E-state index contributed by atoms with van der Waals surface area (Å²) >= 11 is 0. The molecular formula is C14H18N2O3. The van der Waals surface area contributed by atoms with E-state index in [4.69, 9.17) is 4.84 Å². The summed E-state index contributed by atoms with van der Waals surface area (Å²) in [4.78, 5) is 27.4. The van der Waals surface area contributed by atoms with Crippen molar-refractivity contribution in [3.05, 3.63) is 41.0 Å². The van der Waals surface area contributed by atoms with Gasteiger partial charge in [-0.3, -0.25) is 4.79 Å². The SMILES string of the molecule is CCC(=Cc1ccc(C=O)cc1)C(=O)ON(C)NC. The van der Waals surface area contributed by atoms with E-state index in [1.165, 1.54) is 5.17 Å². The lowest BCUT2D eigenvalue weighted by molar-refractivity contribution is -0.190. The number of aldehydes is 1. The van der Waals surface area contributed by atoms with Crippen molar-refractivity contribution >= 4 is 18.3 Å². The number of carbonyl (C=O) groups excluding carboxylic acids is 2. The zero-order valence-corrected chi connectivity index (χ0v) is 11.3. The fourth-order valence-electron chi connectivity index (χ4n) is 1.41. The topological polar surface area (TPSA) is 58.6 Å². The number of rotatable bonds is 6. The van der Waals surface area contributed by atoms with Crippen LogP contribution in [0.25, 0.3) is 6.08 Å². The predicted molar refractivity (Wildman–Crippen MR) is 73.0 cm³/mol. The number of hydroxylamine groups is 1. The first-order valence-electron chi connectivity index (χ1n) is 6.00. The van der Waals surface area contributed by atoms with Gasteiger partial charge in [-0.15, -0.1) is 0 Å². The molecule has 0 unspecified atom stereocenters. The third-order valence-electron chi connectivity index (χ3n) is 2.59. The lowest BCUT2D eigenvalue weighted by Gasteiger charge is -2.14. The lowest BCUT2D eigenvalue weighted by Crippen LogP contribution is -2.33. The van der Waals surface area contributed by atoms with Crippen molar-refractivity contribution in [1.29, 1.82) is 0 Å². The van der Waals surface area contributed by atoms with Crippen LogP contribution in [0.3, 0.4) is 0 Å². The van der Waals surface area contributed by atoms with Crippen LogP contribution in [0.2, 0.25) is 0 Å². The molecule has 0 aliphatic heterocycles. The number of benzene rings is 1. The maximum absolute atomic E-state index is 11.8. The minimum Gasteiger partial charge on any atom is -0.349 e. The van der Waals surface area contributed by atoms with Crippen LogP contribution in [0.4, 0.5) is 0 Å².